The number of nitrogens with one attached hydrogen (secondary N) is 2. The van der Waals surface area contributed by atoms with Crippen molar-refractivity contribution in [2.75, 3.05) is 0 Å². The zero-order chi connectivity index (χ0) is 15.5. The van der Waals surface area contributed by atoms with Crippen LogP contribution in [0.5, 0.6) is 0 Å². The second-order valence-corrected chi connectivity index (χ2v) is 4.89. The van der Waals surface area contributed by atoms with Crippen LogP contribution in [0.15, 0.2) is 53.3 Å². The number of carboxylic acids is 1. The van der Waals surface area contributed by atoms with Crippen LogP contribution in [0.25, 0.3) is 10.9 Å². The van der Waals surface area contributed by atoms with Crippen molar-refractivity contribution >= 4 is 22.8 Å². The minimum Gasteiger partial charge on any atom is -0.548 e. The first-order valence-electron chi connectivity index (χ1n) is 6.75. The Hall–Kier alpha value is -3.02. The van der Waals surface area contributed by atoms with Gasteiger partial charge in [0.25, 0.3) is 5.91 Å². The van der Waals surface area contributed by atoms with Crippen molar-refractivity contribution in [3.8, 4) is 0 Å². The number of carboxylic acid groups (broad SMARTS) is 1. The normalized spacial score (nSPS) is 12.2. The molecule has 0 spiro atoms. The fourth-order valence-electron chi connectivity index (χ4n) is 2.35. The molecule has 2 N–H and O–H groups in total. The van der Waals surface area contributed by atoms with Gasteiger partial charge >= 0.3 is 0 Å². The molecule has 0 aliphatic heterocycles. The van der Waals surface area contributed by atoms with E-state index in [2.05, 4.69) is 10.3 Å². The van der Waals surface area contributed by atoms with E-state index in [1.807, 2.05) is 24.3 Å². The van der Waals surface area contributed by atoms with Gasteiger partial charge in [0.05, 0.1) is 18.3 Å². The highest BCUT2D eigenvalue weighted by molar-refractivity contribution is 5.94. The fraction of sp³-hybridized carbons (Fsp3) is 0.125. The lowest BCUT2D eigenvalue weighted by atomic mass is 10.0. The summed E-state index contributed by atoms with van der Waals surface area (Å²) < 4.78 is 4.95. The molecule has 6 nitrogen and oxygen atoms in total. The maximum absolute atomic E-state index is 11.9. The Labute approximate surface area is 125 Å². The molecular formula is C16H13N2O4-. The number of aliphatic carboxylic acids is 1. The first kappa shape index (κ1) is 13.9. The van der Waals surface area contributed by atoms with E-state index in [0.717, 1.165) is 16.5 Å². The third-order valence-corrected chi connectivity index (χ3v) is 3.43. The number of fused-ring (bicyclic) bond motifs is 1. The van der Waals surface area contributed by atoms with E-state index < -0.39 is 17.9 Å². The summed E-state index contributed by atoms with van der Waals surface area (Å²) in [5.41, 5.74) is 1.71. The summed E-state index contributed by atoms with van der Waals surface area (Å²) in [7, 11) is 0. The van der Waals surface area contributed by atoms with E-state index in [0.29, 0.717) is 0 Å². The highest BCUT2D eigenvalue weighted by atomic mass is 16.4. The van der Waals surface area contributed by atoms with Gasteiger partial charge in [-0.2, -0.15) is 0 Å². The molecule has 0 aliphatic rings. The Kier molecular flexibility index (Phi) is 3.65. The average Bonchev–Trinajstić information content (AvgIpc) is 3.16. The number of furan rings is 1. The molecule has 6 heteroatoms. The van der Waals surface area contributed by atoms with E-state index in [1.54, 1.807) is 12.3 Å². The molecule has 112 valence electrons. The number of rotatable bonds is 5. The van der Waals surface area contributed by atoms with E-state index in [-0.39, 0.29) is 12.2 Å². The number of carbonyl (C=O) groups excluding carboxylic acids is 2. The number of aromatic amines is 1. The summed E-state index contributed by atoms with van der Waals surface area (Å²) in [6.45, 7) is 0. The molecule has 0 saturated heterocycles. The van der Waals surface area contributed by atoms with Gasteiger partial charge < -0.3 is 24.6 Å². The summed E-state index contributed by atoms with van der Waals surface area (Å²) in [6, 6.07) is 9.43. The monoisotopic (exact) mass is 297 g/mol. The minimum atomic E-state index is -1.34. The molecule has 2 heterocycles. The van der Waals surface area contributed by atoms with Crippen molar-refractivity contribution in [2.45, 2.75) is 12.5 Å². The second kappa shape index (κ2) is 5.77. The molecule has 0 radical (unpaired) electrons. The lowest BCUT2D eigenvalue weighted by molar-refractivity contribution is -0.308. The van der Waals surface area contributed by atoms with Crippen molar-refractivity contribution in [3.63, 3.8) is 0 Å². The number of amides is 1. The molecule has 1 amide bonds. The molecule has 0 aliphatic carbocycles. The molecule has 2 aromatic heterocycles. The minimum absolute atomic E-state index is 0.0603. The van der Waals surface area contributed by atoms with Crippen molar-refractivity contribution in [1.29, 1.82) is 0 Å². The van der Waals surface area contributed by atoms with E-state index in [4.69, 9.17) is 4.42 Å². The summed E-state index contributed by atoms with van der Waals surface area (Å²) in [5.74, 6) is -1.87. The lowest BCUT2D eigenvalue weighted by Crippen LogP contribution is -2.49. The highest BCUT2D eigenvalue weighted by Crippen LogP contribution is 2.19. The van der Waals surface area contributed by atoms with E-state index >= 15 is 0 Å². The van der Waals surface area contributed by atoms with Gasteiger partial charge in [-0.05, 0) is 23.8 Å². The van der Waals surface area contributed by atoms with Crippen LogP contribution < -0.4 is 10.4 Å². The van der Waals surface area contributed by atoms with Crippen LogP contribution in [-0.4, -0.2) is 22.9 Å². The fourth-order valence-corrected chi connectivity index (χ4v) is 2.35. The number of benzene rings is 1. The lowest BCUT2D eigenvalue weighted by Gasteiger charge is -2.18. The molecule has 1 atom stereocenters. The van der Waals surface area contributed by atoms with Crippen molar-refractivity contribution in [2.24, 2.45) is 0 Å². The Morgan fingerprint density at radius 2 is 2.05 bits per heavy atom. The number of hydrogen-bond acceptors (Lipinski definition) is 4. The third-order valence-electron chi connectivity index (χ3n) is 3.43. The standard InChI is InChI=1S/C16H14N2O4/c19-15(14-6-3-7-22-14)18-13(16(20)21)8-10-9-17-12-5-2-1-4-11(10)12/h1-7,9,13,17H,8H2,(H,18,19)(H,20,21)/p-1. The first-order chi connectivity index (χ1) is 10.6. The summed E-state index contributed by atoms with van der Waals surface area (Å²) >= 11 is 0. The zero-order valence-corrected chi connectivity index (χ0v) is 11.5. The summed E-state index contributed by atoms with van der Waals surface area (Å²) in [4.78, 5) is 26.3. The zero-order valence-electron chi connectivity index (χ0n) is 11.5. The Morgan fingerprint density at radius 3 is 2.77 bits per heavy atom. The van der Waals surface area contributed by atoms with Gasteiger partial charge in [0.2, 0.25) is 0 Å². The molecular weight excluding hydrogens is 284 g/mol. The number of H-pyrrole nitrogens is 1. The molecule has 0 bridgehead atoms. The summed E-state index contributed by atoms with van der Waals surface area (Å²) in [5, 5.41) is 14.6. The van der Waals surface area contributed by atoms with E-state index in [9.17, 15) is 14.7 Å². The highest BCUT2D eigenvalue weighted by Gasteiger charge is 2.18. The van der Waals surface area contributed by atoms with Crippen LogP contribution in [0.1, 0.15) is 16.1 Å². The topological polar surface area (TPSA) is 98.2 Å². The van der Waals surface area contributed by atoms with Crippen LogP contribution >= 0.6 is 0 Å². The number of para-hydroxylation sites is 1. The average molecular weight is 297 g/mol. The van der Waals surface area contributed by atoms with Crippen LogP contribution in [0, 0.1) is 0 Å². The van der Waals surface area contributed by atoms with E-state index in [1.165, 1.54) is 12.3 Å². The smallest absolute Gasteiger partial charge is 0.287 e. The third kappa shape index (κ3) is 2.71. The van der Waals surface area contributed by atoms with Crippen LogP contribution in [-0.2, 0) is 11.2 Å². The molecule has 0 saturated carbocycles. The molecule has 22 heavy (non-hydrogen) atoms. The Bertz CT molecular complexity index is 805. The number of hydrogen-bond donors (Lipinski definition) is 2. The molecule has 1 aromatic carbocycles. The van der Waals surface area contributed by atoms with Gasteiger partial charge in [0.1, 0.15) is 0 Å². The SMILES string of the molecule is O=C(NC(Cc1c[nH]c2ccccc12)C(=O)[O-])c1ccco1. The molecule has 1 unspecified atom stereocenters. The van der Waals surface area contributed by atoms with Gasteiger partial charge in [-0.25, -0.2) is 0 Å². The van der Waals surface area contributed by atoms with Gasteiger partial charge in [0.15, 0.2) is 5.76 Å². The number of carbonyl (C=O) groups is 2. The predicted molar refractivity (Wildman–Crippen MR) is 77.0 cm³/mol. The van der Waals surface area contributed by atoms with Crippen LogP contribution in [0.4, 0.5) is 0 Å². The van der Waals surface area contributed by atoms with Crippen molar-refractivity contribution < 1.29 is 19.1 Å². The maximum atomic E-state index is 11.9. The molecule has 3 rings (SSSR count). The summed E-state index contributed by atoms with van der Waals surface area (Å²) in [6.07, 6.45) is 3.21. The van der Waals surface area contributed by atoms with Crippen molar-refractivity contribution in [3.05, 3.63) is 60.2 Å². The largest absolute Gasteiger partial charge is 0.548 e. The Balaban J connectivity index is 1.80. The van der Waals surface area contributed by atoms with Crippen LogP contribution in [0.2, 0.25) is 0 Å². The maximum Gasteiger partial charge on any atom is 0.287 e. The van der Waals surface area contributed by atoms with Crippen molar-refractivity contribution in [1.82, 2.24) is 10.3 Å². The van der Waals surface area contributed by atoms with Gasteiger partial charge in [-0.3, -0.25) is 4.79 Å². The van der Waals surface area contributed by atoms with Gasteiger partial charge in [0, 0.05) is 23.5 Å². The molecule has 0 fully saturated rings. The quantitative estimate of drug-likeness (QED) is 0.729. The first-order valence-corrected chi connectivity index (χ1v) is 6.75. The van der Waals surface area contributed by atoms with Crippen LogP contribution in [0.3, 0.4) is 0 Å². The number of aromatic nitrogens is 1. The predicted octanol–water partition coefficient (Wildman–Crippen LogP) is 0.852. The van der Waals surface area contributed by atoms with Gasteiger partial charge in [-0.15, -0.1) is 0 Å². The Morgan fingerprint density at radius 1 is 1.23 bits per heavy atom. The molecule has 3 aromatic rings. The van der Waals surface area contributed by atoms with Gasteiger partial charge in [-0.1, -0.05) is 18.2 Å². The second-order valence-electron chi connectivity index (χ2n) is 4.89.